The number of piperidine rings is 1. The Morgan fingerprint density at radius 1 is 1.14 bits per heavy atom. The summed E-state index contributed by atoms with van der Waals surface area (Å²) >= 11 is 0. The molecule has 3 rings (SSSR count). The molecule has 2 heterocycles. The second-order valence-electron chi connectivity index (χ2n) is 5.34. The molecule has 1 fully saturated rings. The van der Waals surface area contributed by atoms with E-state index >= 15 is 0 Å². The van der Waals surface area contributed by atoms with Crippen molar-refractivity contribution in [3.63, 3.8) is 0 Å². The van der Waals surface area contributed by atoms with Crippen LogP contribution < -0.4 is 9.47 Å². The molecule has 1 saturated heterocycles. The summed E-state index contributed by atoms with van der Waals surface area (Å²) in [5.41, 5.74) is 0. The number of aliphatic hydroxyl groups excluding tert-OH is 1. The van der Waals surface area contributed by atoms with E-state index in [4.69, 9.17) is 14.6 Å². The fraction of sp³-hybridized carbons (Fsp3) is 0.571. The van der Waals surface area contributed by atoms with Crippen LogP contribution in [0.1, 0.15) is 12.8 Å². The number of hydrogen-bond acceptors (Lipinski definition) is 5. The van der Waals surface area contributed by atoms with E-state index in [-0.39, 0.29) is 17.4 Å². The molecule has 0 unspecified atom stereocenters. The highest BCUT2D eigenvalue weighted by Gasteiger charge is 2.30. The molecular formula is C14H19NO5S. The van der Waals surface area contributed by atoms with Crippen molar-refractivity contribution < 1.29 is 23.0 Å². The minimum absolute atomic E-state index is 0.123. The van der Waals surface area contributed by atoms with Crippen molar-refractivity contribution in [1.82, 2.24) is 4.31 Å². The summed E-state index contributed by atoms with van der Waals surface area (Å²) < 4.78 is 37.6. The average Bonchev–Trinajstić information content (AvgIpc) is 2.54. The largest absolute Gasteiger partial charge is 0.486 e. The molecule has 0 atom stereocenters. The molecule has 1 aromatic carbocycles. The van der Waals surface area contributed by atoms with E-state index in [1.165, 1.54) is 10.4 Å². The van der Waals surface area contributed by atoms with Gasteiger partial charge in [0.25, 0.3) is 0 Å². The SMILES string of the molecule is O=S(=O)(c1ccc2c(c1)OCCO2)N1CCC(CO)CC1. The number of nitrogens with zero attached hydrogens (tertiary/aromatic N) is 1. The number of aliphatic hydroxyl groups is 1. The normalized spacial score (nSPS) is 20.4. The molecule has 1 N–H and O–H groups in total. The number of sulfonamides is 1. The minimum Gasteiger partial charge on any atom is -0.486 e. The fourth-order valence-electron chi connectivity index (χ4n) is 2.67. The first kappa shape index (κ1) is 14.6. The average molecular weight is 313 g/mol. The molecule has 0 saturated carbocycles. The van der Waals surface area contributed by atoms with E-state index in [0.717, 1.165) is 0 Å². The topological polar surface area (TPSA) is 76.1 Å². The monoisotopic (exact) mass is 313 g/mol. The Labute approximate surface area is 124 Å². The van der Waals surface area contributed by atoms with Crippen LogP contribution in [0.25, 0.3) is 0 Å². The van der Waals surface area contributed by atoms with Gasteiger partial charge in [-0.05, 0) is 30.9 Å². The van der Waals surface area contributed by atoms with Gasteiger partial charge >= 0.3 is 0 Å². The Hall–Kier alpha value is -1.31. The van der Waals surface area contributed by atoms with Crippen molar-refractivity contribution in [2.24, 2.45) is 5.92 Å². The van der Waals surface area contributed by atoms with Crippen LogP contribution in [0.3, 0.4) is 0 Å². The Balaban J connectivity index is 1.82. The highest BCUT2D eigenvalue weighted by molar-refractivity contribution is 7.89. The summed E-state index contributed by atoms with van der Waals surface area (Å²) in [5.74, 6) is 1.27. The van der Waals surface area contributed by atoms with Gasteiger partial charge in [-0.25, -0.2) is 8.42 Å². The summed E-state index contributed by atoms with van der Waals surface area (Å²) in [5, 5.41) is 9.13. The van der Waals surface area contributed by atoms with Crippen LogP contribution in [0, 0.1) is 5.92 Å². The quantitative estimate of drug-likeness (QED) is 0.895. The van der Waals surface area contributed by atoms with Gasteiger partial charge in [0.15, 0.2) is 11.5 Å². The summed E-state index contributed by atoms with van der Waals surface area (Å²) in [7, 11) is -3.51. The number of fused-ring (bicyclic) bond motifs is 1. The fourth-order valence-corrected chi connectivity index (χ4v) is 4.15. The molecular weight excluding hydrogens is 294 g/mol. The van der Waals surface area contributed by atoms with E-state index in [0.29, 0.717) is 50.6 Å². The van der Waals surface area contributed by atoms with Gasteiger partial charge in [0, 0.05) is 25.8 Å². The summed E-state index contributed by atoms with van der Waals surface area (Å²) in [6, 6.07) is 4.73. The van der Waals surface area contributed by atoms with Crippen LogP contribution in [0.15, 0.2) is 23.1 Å². The lowest BCUT2D eigenvalue weighted by Gasteiger charge is -2.30. The zero-order valence-electron chi connectivity index (χ0n) is 11.7. The van der Waals surface area contributed by atoms with Crippen molar-refractivity contribution in [1.29, 1.82) is 0 Å². The molecule has 116 valence electrons. The third kappa shape index (κ3) is 2.86. The number of hydrogen-bond donors (Lipinski definition) is 1. The summed E-state index contributed by atoms with van der Waals surface area (Å²) in [6.07, 6.45) is 1.39. The molecule has 0 amide bonds. The number of rotatable bonds is 3. The van der Waals surface area contributed by atoms with Gasteiger partial charge in [0.2, 0.25) is 10.0 Å². The lowest BCUT2D eigenvalue weighted by molar-refractivity contribution is 0.169. The van der Waals surface area contributed by atoms with Crippen molar-refractivity contribution in [2.75, 3.05) is 32.9 Å². The van der Waals surface area contributed by atoms with Crippen LogP contribution in [0.4, 0.5) is 0 Å². The van der Waals surface area contributed by atoms with Crippen LogP contribution in [0.5, 0.6) is 11.5 Å². The van der Waals surface area contributed by atoms with Gasteiger partial charge in [0.1, 0.15) is 13.2 Å². The summed E-state index contributed by atoms with van der Waals surface area (Å²) in [4.78, 5) is 0.231. The van der Waals surface area contributed by atoms with E-state index in [1.54, 1.807) is 12.1 Å². The van der Waals surface area contributed by atoms with Crippen molar-refractivity contribution >= 4 is 10.0 Å². The predicted molar refractivity (Wildman–Crippen MR) is 76.0 cm³/mol. The van der Waals surface area contributed by atoms with Crippen molar-refractivity contribution in [3.05, 3.63) is 18.2 Å². The maximum atomic E-state index is 12.6. The third-order valence-corrected chi connectivity index (χ3v) is 5.88. The van der Waals surface area contributed by atoms with E-state index in [9.17, 15) is 8.42 Å². The Kier molecular flexibility index (Phi) is 4.05. The maximum absolute atomic E-state index is 12.6. The second kappa shape index (κ2) is 5.82. The molecule has 0 aliphatic carbocycles. The highest BCUT2D eigenvalue weighted by Crippen LogP contribution is 2.33. The van der Waals surface area contributed by atoms with Gasteiger partial charge in [0.05, 0.1) is 4.90 Å². The zero-order valence-corrected chi connectivity index (χ0v) is 12.5. The molecule has 0 aromatic heterocycles. The highest BCUT2D eigenvalue weighted by atomic mass is 32.2. The molecule has 0 radical (unpaired) electrons. The lowest BCUT2D eigenvalue weighted by atomic mass is 10.00. The first-order chi connectivity index (χ1) is 10.1. The molecule has 6 nitrogen and oxygen atoms in total. The van der Waals surface area contributed by atoms with Gasteiger partial charge < -0.3 is 14.6 Å². The molecule has 2 aliphatic heterocycles. The predicted octanol–water partition coefficient (Wildman–Crippen LogP) is 0.851. The Morgan fingerprint density at radius 2 is 1.81 bits per heavy atom. The standard InChI is InChI=1S/C14H19NO5S/c16-10-11-3-5-15(6-4-11)21(17,18)12-1-2-13-14(9-12)20-8-7-19-13/h1-2,9,11,16H,3-8,10H2. The molecule has 1 aromatic rings. The summed E-state index contributed by atoms with van der Waals surface area (Å²) in [6.45, 7) is 1.92. The minimum atomic E-state index is -3.51. The third-order valence-electron chi connectivity index (χ3n) is 3.98. The van der Waals surface area contributed by atoms with Crippen LogP contribution >= 0.6 is 0 Å². The Morgan fingerprint density at radius 3 is 2.48 bits per heavy atom. The maximum Gasteiger partial charge on any atom is 0.243 e. The van der Waals surface area contributed by atoms with Gasteiger partial charge in [-0.1, -0.05) is 0 Å². The molecule has 0 bridgehead atoms. The second-order valence-corrected chi connectivity index (χ2v) is 7.27. The molecule has 0 spiro atoms. The van der Waals surface area contributed by atoms with Gasteiger partial charge in [-0.2, -0.15) is 4.31 Å². The molecule has 2 aliphatic rings. The number of benzene rings is 1. The van der Waals surface area contributed by atoms with Crippen LogP contribution in [-0.4, -0.2) is 50.7 Å². The van der Waals surface area contributed by atoms with Crippen LogP contribution in [0.2, 0.25) is 0 Å². The first-order valence-corrected chi connectivity index (χ1v) is 8.56. The lowest BCUT2D eigenvalue weighted by Crippen LogP contribution is -2.39. The number of ether oxygens (including phenoxy) is 2. The van der Waals surface area contributed by atoms with Crippen LogP contribution in [-0.2, 0) is 10.0 Å². The van der Waals surface area contributed by atoms with Crippen molar-refractivity contribution in [3.8, 4) is 11.5 Å². The smallest absolute Gasteiger partial charge is 0.243 e. The zero-order chi connectivity index (χ0) is 14.9. The van der Waals surface area contributed by atoms with Gasteiger partial charge in [-0.3, -0.25) is 0 Å². The van der Waals surface area contributed by atoms with Crippen molar-refractivity contribution in [2.45, 2.75) is 17.7 Å². The van der Waals surface area contributed by atoms with Gasteiger partial charge in [-0.15, -0.1) is 0 Å². The molecule has 7 heteroatoms. The van der Waals surface area contributed by atoms with E-state index in [2.05, 4.69) is 0 Å². The van der Waals surface area contributed by atoms with E-state index in [1.807, 2.05) is 0 Å². The Bertz CT molecular complexity index is 608. The van der Waals surface area contributed by atoms with E-state index < -0.39 is 10.0 Å². The first-order valence-electron chi connectivity index (χ1n) is 7.12. The molecule has 21 heavy (non-hydrogen) atoms.